The van der Waals surface area contributed by atoms with Gasteiger partial charge >= 0.3 is 11.9 Å². The van der Waals surface area contributed by atoms with Gasteiger partial charge in [0, 0.05) is 27.6 Å². The fourth-order valence-corrected chi connectivity index (χ4v) is 3.73. The van der Waals surface area contributed by atoms with E-state index in [-0.39, 0.29) is 44.7 Å². The number of hydrogen-bond donors (Lipinski definition) is 7. The van der Waals surface area contributed by atoms with Crippen LogP contribution in [-0.4, -0.2) is 22.2 Å². The Morgan fingerprint density at radius 1 is 0.595 bits per heavy atom. The molecule has 4 aromatic rings. The van der Waals surface area contributed by atoms with E-state index in [1.807, 2.05) is 0 Å². The number of benzene rings is 4. The maximum absolute atomic E-state index is 13.1. The Bertz CT molecular complexity index is 1450. The van der Waals surface area contributed by atoms with Crippen LogP contribution in [0, 0.1) is 0 Å². The van der Waals surface area contributed by atoms with Gasteiger partial charge in [-0.1, -0.05) is 24.3 Å². The topological polar surface area (TPSA) is 223 Å². The average Bonchev–Trinajstić information content (AvgIpc) is 2.87. The Hall–Kier alpha value is -5.00. The summed E-state index contributed by atoms with van der Waals surface area (Å²) in [5, 5.41) is 21.4. The van der Waals surface area contributed by atoms with Crippen LogP contribution in [0.25, 0.3) is 10.8 Å². The summed E-state index contributed by atoms with van der Waals surface area (Å²) in [6.45, 7) is 0. The molecule has 0 aliphatic rings. The molecule has 0 saturated carbocycles. The minimum absolute atomic E-state index is 0.0644. The number of aliphatic hydroxyl groups is 2. The summed E-state index contributed by atoms with van der Waals surface area (Å²) in [7, 11) is 0. The number of nitrogens with two attached hydrogens (primary N) is 5. The Kier molecular flexibility index (Phi) is 6.74. The van der Waals surface area contributed by atoms with Crippen LogP contribution < -0.4 is 28.7 Å². The lowest BCUT2D eigenvalue weighted by Crippen LogP contribution is -2.15. The predicted molar refractivity (Wildman–Crippen MR) is 140 cm³/mol. The van der Waals surface area contributed by atoms with Crippen LogP contribution in [0.3, 0.4) is 0 Å². The lowest BCUT2D eigenvalue weighted by molar-refractivity contribution is -0.0674. The van der Waals surface area contributed by atoms with Crippen molar-refractivity contribution < 1.29 is 29.3 Å². The Morgan fingerprint density at radius 3 is 1.54 bits per heavy atom. The molecule has 0 radical (unpaired) electrons. The first-order chi connectivity index (χ1) is 17.6. The van der Waals surface area contributed by atoms with Gasteiger partial charge in [-0.25, -0.2) is 9.59 Å². The monoisotopic (exact) mass is 503 g/mol. The Labute approximate surface area is 211 Å². The number of nitrogen functional groups attached to an aromatic ring is 5. The molecule has 11 heteroatoms. The molecule has 0 fully saturated rings. The summed E-state index contributed by atoms with van der Waals surface area (Å²) in [4.78, 5) is 26.2. The predicted octanol–water partition coefficient (Wildman–Crippen LogP) is 2.45. The van der Waals surface area contributed by atoms with E-state index in [0.717, 1.165) is 0 Å². The fraction of sp³-hybridized carbons (Fsp3) is 0.0769. The molecule has 190 valence electrons. The Morgan fingerprint density at radius 2 is 1.05 bits per heavy atom. The van der Waals surface area contributed by atoms with Crippen molar-refractivity contribution in [1.82, 2.24) is 0 Å². The van der Waals surface area contributed by atoms with Crippen LogP contribution in [0.15, 0.2) is 66.7 Å². The van der Waals surface area contributed by atoms with E-state index in [2.05, 4.69) is 0 Å². The summed E-state index contributed by atoms with van der Waals surface area (Å²) in [6.07, 6.45) is -3.33. The molecule has 4 aromatic carbocycles. The zero-order valence-electron chi connectivity index (χ0n) is 19.4. The normalized spacial score (nSPS) is 12.6. The lowest BCUT2D eigenvalue weighted by atomic mass is 9.97. The summed E-state index contributed by atoms with van der Waals surface area (Å²) < 4.78 is 10.5. The number of rotatable bonds is 6. The number of carbonyl (C=O) groups excluding carboxylic acids is 2. The zero-order valence-corrected chi connectivity index (χ0v) is 19.4. The molecule has 0 heterocycles. The summed E-state index contributed by atoms with van der Waals surface area (Å²) >= 11 is 0. The van der Waals surface area contributed by atoms with Crippen molar-refractivity contribution in [1.29, 1.82) is 0 Å². The fourth-order valence-electron chi connectivity index (χ4n) is 3.73. The first-order valence-electron chi connectivity index (χ1n) is 11.0. The minimum Gasteiger partial charge on any atom is -0.428 e. The van der Waals surface area contributed by atoms with Gasteiger partial charge in [-0.15, -0.1) is 0 Å². The molecule has 0 aromatic heterocycles. The van der Waals surface area contributed by atoms with Crippen LogP contribution in [0.1, 0.15) is 44.4 Å². The molecule has 37 heavy (non-hydrogen) atoms. The highest BCUT2D eigenvalue weighted by Crippen LogP contribution is 2.32. The Balaban J connectivity index is 1.67. The second-order valence-electron chi connectivity index (χ2n) is 8.22. The smallest absolute Gasteiger partial charge is 0.341 e. The maximum Gasteiger partial charge on any atom is 0.341 e. The van der Waals surface area contributed by atoms with Gasteiger partial charge in [-0.2, -0.15) is 0 Å². The molecule has 0 amide bonds. The maximum atomic E-state index is 13.1. The molecule has 0 saturated heterocycles. The van der Waals surface area contributed by atoms with Gasteiger partial charge in [0.05, 0.1) is 33.9 Å². The molecule has 2 atom stereocenters. The second kappa shape index (κ2) is 9.93. The first kappa shape index (κ1) is 25.1. The average molecular weight is 504 g/mol. The van der Waals surface area contributed by atoms with E-state index in [0.29, 0.717) is 16.8 Å². The van der Waals surface area contributed by atoms with Gasteiger partial charge in [0.2, 0.25) is 12.6 Å². The van der Waals surface area contributed by atoms with Crippen molar-refractivity contribution >= 4 is 51.1 Å². The van der Waals surface area contributed by atoms with Crippen molar-refractivity contribution in [3.63, 3.8) is 0 Å². The SMILES string of the molecule is Nc1ccc(C(O)OC(=O)c2cccc3c(N)ccc(C(=O)OC(O)c4ccc(N)c(N)c4)c23)cc1N. The van der Waals surface area contributed by atoms with E-state index >= 15 is 0 Å². The highest BCUT2D eigenvalue weighted by atomic mass is 16.6. The molecular formula is C26H25N5O6. The molecule has 0 spiro atoms. The van der Waals surface area contributed by atoms with Crippen LogP contribution >= 0.6 is 0 Å². The number of carbonyl (C=O) groups is 2. The van der Waals surface area contributed by atoms with Crippen molar-refractivity contribution in [2.75, 3.05) is 28.7 Å². The largest absolute Gasteiger partial charge is 0.428 e. The van der Waals surface area contributed by atoms with E-state index < -0.39 is 24.5 Å². The van der Waals surface area contributed by atoms with Crippen LogP contribution in [-0.2, 0) is 9.47 Å². The number of hydrogen-bond acceptors (Lipinski definition) is 11. The van der Waals surface area contributed by atoms with E-state index in [9.17, 15) is 19.8 Å². The van der Waals surface area contributed by atoms with E-state index in [1.54, 1.807) is 12.1 Å². The van der Waals surface area contributed by atoms with Crippen LogP contribution in [0.4, 0.5) is 28.4 Å². The lowest BCUT2D eigenvalue weighted by Gasteiger charge is -2.17. The number of fused-ring (bicyclic) bond motifs is 1. The number of anilines is 5. The van der Waals surface area contributed by atoms with Gasteiger partial charge < -0.3 is 48.4 Å². The third-order valence-electron chi connectivity index (χ3n) is 5.74. The summed E-state index contributed by atoms with van der Waals surface area (Å²) in [6, 6.07) is 16.0. The molecular weight excluding hydrogens is 478 g/mol. The third kappa shape index (κ3) is 5.03. The van der Waals surface area contributed by atoms with Gasteiger partial charge in [-0.3, -0.25) is 0 Å². The third-order valence-corrected chi connectivity index (χ3v) is 5.74. The van der Waals surface area contributed by atoms with Crippen molar-refractivity contribution in [3.05, 3.63) is 89.0 Å². The van der Waals surface area contributed by atoms with Gasteiger partial charge in [0.15, 0.2) is 0 Å². The number of esters is 2. The van der Waals surface area contributed by atoms with Crippen LogP contribution in [0.5, 0.6) is 0 Å². The van der Waals surface area contributed by atoms with Gasteiger partial charge in [0.25, 0.3) is 0 Å². The zero-order chi connectivity index (χ0) is 26.9. The molecule has 0 aliphatic heterocycles. The standard InChI is InChI=1S/C26H25N5O6/c27-17-9-6-16(26(35)37-24(33)13-5-8-19(29)21(31)11-13)22-14(17)2-1-3-15(22)25(34)36-23(32)12-4-7-18(28)20(30)10-12/h1-11,23-24,32-33H,27-31H2. The van der Waals surface area contributed by atoms with Gasteiger partial charge in [0.1, 0.15) is 0 Å². The highest BCUT2D eigenvalue weighted by Gasteiger charge is 2.24. The molecule has 4 rings (SSSR count). The number of aliphatic hydroxyl groups excluding tert-OH is 2. The molecule has 11 nitrogen and oxygen atoms in total. The van der Waals surface area contributed by atoms with Gasteiger partial charge in [-0.05, 0) is 42.5 Å². The minimum atomic E-state index is -1.67. The molecule has 2 unspecified atom stereocenters. The molecule has 0 bridgehead atoms. The summed E-state index contributed by atoms with van der Waals surface area (Å²) in [5.41, 5.74) is 30.6. The van der Waals surface area contributed by atoms with E-state index in [4.69, 9.17) is 38.1 Å². The number of ether oxygens (including phenoxy) is 2. The highest BCUT2D eigenvalue weighted by molar-refractivity contribution is 6.16. The second-order valence-corrected chi connectivity index (χ2v) is 8.22. The first-order valence-corrected chi connectivity index (χ1v) is 11.0. The van der Waals surface area contributed by atoms with Crippen molar-refractivity contribution in [3.8, 4) is 0 Å². The quantitative estimate of drug-likeness (QED) is 0.115. The van der Waals surface area contributed by atoms with Crippen LogP contribution in [0.2, 0.25) is 0 Å². The molecule has 0 aliphatic carbocycles. The van der Waals surface area contributed by atoms with Crippen molar-refractivity contribution in [2.24, 2.45) is 0 Å². The van der Waals surface area contributed by atoms with Crippen molar-refractivity contribution in [2.45, 2.75) is 12.6 Å². The van der Waals surface area contributed by atoms with E-state index in [1.165, 1.54) is 54.6 Å². The molecule has 12 N–H and O–H groups in total. The summed E-state index contributed by atoms with van der Waals surface area (Å²) in [5.74, 6) is -1.89.